The Labute approximate surface area is 122 Å². The molecule has 6 heteroatoms. The maximum Gasteiger partial charge on any atom is 0.338 e. The Morgan fingerprint density at radius 1 is 1.35 bits per heavy atom. The summed E-state index contributed by atoms with van der Waals surface area (Å²) < 4.78 is 0. The fraction of sp³-hybridized carbons (Fsp3) is 0.571. The van der Waals surface area contributed by atoms with Gasteiger partial charge in [0, 0.05) is 6.04 Å². The van der Waals surface area contributed by atoms with Gasteiger partial charge in [0.25, 0.3) is 0 Å². The molecule has 1 aromatic heterocycles. The highest BCUT2D eigenvalue weighted by atomic mass is 32.1. The zero-order valence-electron chi connectivity index (χ0n) is 11.7. The molecular formula is C14H20N2O3S. The number of hydrogen-bond acceptors (Lipinski definition) is 3. The largest absolute Gasteiger partial charge is 0.478 e. The summed E-state index contributed by atoms with van der Waals surface area (Å²) in [4.78, 5) is 23.0. The molecule has 3 atom stereocenters. The van der Waals surface area contributed by atoms with Crippen LogP contribution in [-0.4, -0.2) is 23.1 Å². The number of hydrogen-bond donors (Lipinski definition) is 3. The summed E-state index contributed by atoms with van der Waals surface area (Å²) >= 11 is 1.22. The van der Waals surface area contributed by atoms with Crippen LogP contribution in [0.2, 0.25) is 0 Å². The van der Waals surface area contributed by atoms with Crippen LogP contribution in [0.5, 0.6) is 0 Å². The average molecular weight is 296 g/mol. The van der Waals surface area contributed by atoms with Gasteiger partial charge in [-0.2, -0.15) is 0 Å². The zero-order chi connectivity index (χ0) is 14.7. The summed E-state index contributed by atoms with van der Waals surface area (Å²) in [6, 6.07) is 1.33. The van der Waals surface area contributed by atoms with Crippen molar-refractivity contribution in [3.63, 3.8) is 0 Å². The molecule has 1 fully saturated rings. The van der Waals surface area contributed by atoms with Gasteiger partial charge in [-0.05, 0) is 29.7 Å². The molecule has 3 unspecified atom stereocenters. The van der Waals surface area contributed by atoms with Crippen LogP contribution in [0.15, 0.2) is 11.4 Å². The lowest BCUT2D eigenvalue weighted by Crippen LogP contribution is -2.45. The number of nitrogens with one attached hydrogen (secondary N) is 2. The number of aromatic carboxylic acids is 1. The lowest BCUT2D eigenvalue weighted by molar-refractivity contribution is 0.0698. The molecule has 1 heterocycles. The van der Waals surface area contributed by atoms with E-state index in [1.807, 2.05) is 0 Å². The first kappa shape index (κ1) is 14.8. The summed E-state index contributed by atoms with van der Waals surface area (Å²) in [5, 5.41) is 16.6. The highest BCUT2D eigenvalue weighted by Crippen LogP contribution is 2.29. The predicted octanol–water partition coefficient (Wildman–Crippen LogP) is 3.39. The number of carboxylic acid groups (broad SMARTS) is 1. The van der Waals surface area contributed by atoms with Crippen molar-refractivity contribution in [1.29, 1.82) is 0 Å². The molecule has 20 heavy (non-hydrogen) atoms. The third kappa shape index (κ3) is 3.30. The third-order valence-corrected chi connectivity index (χ3v) is 4.98. The summed E-state index contributed by atoms with van der Waals surface area (Å²) in [6.07, 6.45) is 3.31. The molecule has 5 nitrogen and oxygen atoms in total. The van der Waals surface area contributed by atoms with Crippen molar-refractivity contribution in [3.05, 3.63) is 17.0 Å². The van der Waals surface area contributed by atoms with Crippen molar-refractivity contribution in [2.24, 2.45) is 11.8 Å². The fourth-order valence-corrected chi connectivity index (χ4v) is 3.44. The minimum absolute atomic E-state index is 0.134. The topological polar surface area (TPSA) is 78.4 Å². The SMILES string of the molecule is CC1CCCC(NC(=O)Nc2sccc2C(=O)O)C1C. The van der Waals surface area contributed by atoms with E-state index in [1.165, 1.54) is 23.8 Å². The molecular weight excluding hydrogens is 276 g/mol. The zero-order valence-corrected chi connectivity index (χ0v) is 12.5. The van der Waals surface area contributed by atoms with Gasteiger partial charge < -0.3 is 10.4 Å². The molecule has 0 radical (unpaired) electrons. The van der Waals surface area contributed by atoms with Gasteiger partial charge in [0.1, 0.15) is 5.00 Å². The highest BCUT2D eigenvalue weighted by Gasteiger charge is 2.28. The van der Waals surface area contributed by atoms with Gasteiger partial charge in [-0.15, -0.1) is 11.3 Å². The molecule has 2 rings (SSSR count). The maximum atomic E-state index is 12.0. The van der Waals surface area contributed by atoms with Crippen molar-refractivity contribution in [1.82, 2.24) is 5.32 Å². The first-order chi connectivity index (χ1) is 9.49. The number of rotatable bonds is 3. The van der Waals surface area contributed by atoms with Crippen LogP contribution in [-0.2, 0) is 0 Å². The van der Waals surface area contributed by atoms with Gasteiger partial charge in [-0.25, -0.2) is 9.59 Å². The fourth-order valence-electron chi connectivity index (χ4n) is 2.67. The maximum absolute atomic E-state index is 12.0. The van der Waals surface area contributed by atoms with E-state index in [0.717, 1.165) is 12.8 Å². The summed E-state index contributed by atoms with van der Waals surface area (Å²) in [5.41, 5.74) is 0.134. The molecule has 110 valence electrons. The molecule has 1 aliphatic carbocycles. The van der Waals surface area contributed by atoms with E-state index >= 15 is 0 Å². The first-order valence-electron chi connectivity index (χ1n) is 6.87. The Hall–Kier alpha value is -1.56. The standard InChI is InChI=1S/C14H20N2O3S/c1-8-4-3-5-11(9(8)2)15-14(19)16-12-10(13(17)18)6-7-20-12/h6-9,11H,3-5H2,1-2H3,(H,17,18)(H2,15,16,19). The Bertz CT molecular complexity index is 500. The monoisotopic (exact) mass is 296 g/mol. The molecule has 1 aliphatic rings. The van der Waals surface area contributed by atoms with Gasteiger partial charge in [-0.3, -0.25) is 5.32 Å². The van der Waals surface area contributed by atoms with Crippen LogP contribution in [0.25, 0.3) is 0 Å². The molecule has 0 spiro atoms. The molecule has 0 aliphatic heterocycles. The molecule has 0 aromatic carbocycles. The van der Waals surface area contributed by atoms with Crippen molar-refractivity contribution in [2.45, 2.75) is 39.2 Å². The highest BCUT2D eigenvalue weighted by molar-refractivity contribution is 7.14. The summed E-state index contributed by atoms with van der Waals surface area (Å²) in [7, 11) is 0. The normalized spacial score (nSPS) is 26.0. The first-order valence-corrected chi connectivity index (χ1v) is 7.75. The second-order valence-corrected chi connectivity index (χ2v) is 6.36. The van der Waals surface area contributed by atoms with E-state index in [-0.39, 0.29) is 17.6 Å². The average Bonchev–Trinajstić information content (AvgIpc) is 2.83. The van der Waals surface area contributed by atoms with Gasteiger partial charge >= 0.3 is 12.0 Å². The number of thiophene rings is 1. The van der Waals surface area contributed by atoms with E-state index in [9.17, 15) is 9.59 Å². The van der Waals surface area contributed by atoms with E-state index < -0.39 is 5.97 Å². The molecule has 0 bridgehead atoms. The number of urea groups is 1. The Morgan fingerprint density at radius 3 is 2.80 bits per heavy atom. The number of anilines is 1. The van der Waals surface area contributed by atoms with E-state index in [1.54, 1.807) is 5.38 Å². The van der Waals surface area contributed by atoms with E-state index in [0.29, 0.717) is 16.8 Å². The van der Waals surface area contributed by atoms with Crippen molar-refractivity contribution >= 4 is 28.3 Å². The number of amides is 2. The Balaban J connectivity index is 1.95. The van der Waals surface area contributed by atoms with E-state index in [4.69, 9.17) is 5.11 Å². The Morgan fingerprint density at radius 2 is 2.10 bits per heavy atom. The number of carboxylic acids is 1. The smallest absolute Gasteiger partial charge is 0.338 e. The number of carbonyl (C=O) groups excluding carboxylic acids is 1. The van der Waals surface area contributed by atoms with Gasteiger partial charge in [0.2, 0.25) is 0 Å². The lowest BCUT2D eigenvalue weighted by Gasteiger charge is -2.34. The van der Waals surface area contributed by atoms with E-state index in [2.05, 4.69) is 24.5 Å². The molecule has 3 N–H and O–H groups in total. The minimum atomic E-state index is -1.03. The summed E-state index contributed by atoms with van der Waals surface area (Å²) in [5.74, 6) is 0.0170. The lowest BCUT2D eigenvalue weighted by atomic mass is 9.78. The third-order valence-electron chi connectivity index (χ3n) is 4.15. The molecule has 0 saturated heterocycles. The summed E-state index contributed by atoms with van der Waals surface area (Å²) in [6.45, 7) is 4.36. The van der Waals surface area contributed by atoms with Crippen LogP contribution in [0.4, 0.5) is 9.80 Å². The van der Waals surface area contributed by atoms with Crippen molar-refractivity contribution in [2.75, 3.05) is 5.32 Å². The minimum Gasteiger partial charge on any atom is -0.478 e. The van der Waals surface area contributed by atoms with Crippen LogP contribution in [0.3, 0.4) is 0 Å². The van der Waals surface area contributed by atoms with Crippen LogP contribution < -0.4 is 10.6 Å². The quantitative estimate of drug-likeness (QED) is 0.800. The Kier molecular flexibility index (Phi) is 4.65. The van der Waals surface area contributed by atoms with Crippen LogP contribution in [0, 0.1) is 11.8 Å². The van der Waals surface area contributed by atoms with Crippen LogP contribution in [0.1, 0.15) is 43.5 Å². The number of carbonyl (C=O) groups is 2. The predicted molar refractivity (Wildman–Crippen MR) is 79.4 cm³/mol. The second kappa shape index (κ2) is 6.26. The molecule has 1 aromatic rings. The van der Waals surface area contributed by atoms with Crippen LogP contribution >= 0.6 is 11.3 Å². The molecule has 2 amide bonds. The molecule has 1 saturated carbocycles. The van der Waals surface area contributed by atoms with Crippen molar-refractivity contribution < 1.29 is 14.7 Å². The van der Waals surface area contributed by atoms with Gasteiger partial charge in [-0.1, -0.05) is 26.7 Å². The van der Waals surface area contributed by atoms with Gasteiger partial charge in [0.15, 0.2) is 0 Å². The second-order valence-electron chi connectivity index (χ2n) is 5.44. The van der Waals surface area contributed by atoms with Crippen molar-refractivity contribution in [3.8, 4) is 0 Å². The van der Waals surface area contributed by atoms with Gasteiger partial charge in [0.05, 0.1) is 5.56 Å².